The summed E-state index contributed by atoms with van der Waals surface area (Å²) in [5.41, 5.74) is 0.450. The smallest absolute Gasteiger partial charge is 0.414 e. The summed E-state index contributed by atoms with van der Waals surface area (Å²) in [4.78, 5) is 29.4. The van der Waals surface area contributed by atoms with Gasteiger partial charge in [-0.2, -0.15) is 0 Å². The molecule has 0 radical (unpaired) electrons. The largest absolute Gasteiger partial charge is 0.444 e. The van der Waals surface area contributed by atoms with Crippen LogP contribution in [0.4, 0.5) is 10.7 Å². The molecule has 7 nitrogen and oxygen atoms in total. The highest BCUT2D eigenvalue weighted by atomic mass is 79.9. The molecule has 0 fully saturated rings. The molecule has 2 rings (SSSR count). The Labute approximate surface area is 128 Å². The number of aromatic amines is 1. The van der Waals surface area contributed by atoms with Crippen LogP contribution in [0, 0.1) is 0 Å². The monoisotopic (exact) mass is 353 g/mol. The number of H-pyrrole nitrogens is 1. The third-order valence-corrected chi connectivity index (χ3v) is 3.33. The predicted molar refractivity (Wildman–Crippen MR) is 78.7 cm³/mol. The lowest BCUT2D eigenvalue weighted by Crippen LogP contribution is -2.21. The number of hydrogen-bond acceptors (Lipinski definition) is 5. The van der Waals surface area contributed by atoms with Crippen molar-refractivity contribution in [2.75, 3.05) is 5.32 Å². The molecular formula is C13H12BrN3O4. The van der Waals surface area contributed by atoms with E-state index in [1.165, 1.54) is 0 Å². The van der Waals surface area contributed by atoms with Gasteiger partial charge in [-0.3, -0.25) is 15.1 Å². The summed E-state index contributed by atoms with van der Waals surface area (Å²) < 4.78 is 5.11. The van der Waals surface area contributed by atoms with Crippen molar-refractivity contribution in [2.45, 2.75) is 13.2 Å². The normalized spacial score (nSPS) is 10.2. The predicted octanol–water partition coefficient (Wildman–Crippen LogP) is 1.77. The molecule has 21 heavy (non-hydrogen) atoms. The van der Waals surface area contributed by atoms with E-state index in [0.29, 0.717) is 0 Å². The lowest BCUT2D eigenvalue weighted by Gasteiger charge is -2.07. The molecule has 0 spiro atoms. The first-order chi connectivity index (χ1) is 10.1. The molecule has 3 N–H and O–H groups in total. The minimum absolute atomic E-state index is 0.0923. The van der Waals surface area contributed by atoms with Crippen molar-refractivity contribution >= 4 is 28.0 Å². The summed E-state index contributed by atoms with van der Waals surface area (Å²) in [6.45, 7) is -0.335. The first kappa shape index (κ1) is 15.2. The van der Waals surface area contributed by atoms with Crippen LogP contribution in [0.2, 0.25) is 0 Å². The second-order valence-corrected chi connectivity index (χ2v) is 4.81. The quantitative estimate of drug-likeness (QED) is 0.776. The van der Waals surface area contributed by atoms with E-state index in [1.54, 1.807) is 0 Å². The zero-order valence-electron chi connectivity index (χ0n) is 10.8. The van der Waals surface area contributed by atoms with Crippen LogP contribution in [0.1, 0.15) is 11.3 Å². The highest BCUT2D eigenvalue weighted by Gasteiger charge is 2.11. The summed E-state index contributed by atoms with van der Waals surface area (Å²) in [6, 6.07) is 9.15. The van der Waals surface area contributed by atoms with Crippen molar-refractivity contribution in [2.24, 2.45) is 0 Å². The number of amides is 1. The van der Waals surface area contributed by atoms with Crippen LogP contribution in [0.5, 0.6) is 0 Å². The maximum atomic E-state index is 11.6. The molecule has 0 saturated carbocycles. The fourth-order valence-corrected chi connectivity index (χ4v) is 1.84. The highest BCUT2D eigenvalue weighted by Crippen LogP contribution is 2.10. The van der Waals surface area contributed by atoms with Crippen molar-refractivity contribution in [3.8, 4) is 0 Å². The summed E-state index contributed by atoms with van der Waals surface area (Å²) in [5, 5.41) is 11.4. The minimum Gasteiger partial charge on any atom is -0.444 e. The lowest BCUT2D eigenvalue weighted by molar-refractivity contribution is 0.155. The molecule has 0 bridgehead atoms. The van der Waals surface area contributed by atoms with Crippen molar-refractivity contribution in [1.82, 2.24) is 9.97 Å². The van der Waals surface area contributed by atoms with Crippen LogP contribution < -0.4 is 10.9 Å². The van der Waals surface area contributed by atoms with Gasteiger partial charge in [0, 0.05) is 0 Å². The molecule has 0 atom stereocenters. The van der Waals surface area contributed by atoms with Gasteiger partial charge in [-0.05, 0) is 21.5 Å². The zero-order chi connectivity index (χ0) is 15.2. The van der Waals surface area contributed by atoms with Gasteiger partial charge in [0.1, 0.15) is 11.1 Å². The topological polar surface area (TPSA) is 104 Å². The van der Waals surface area contributed by atoms with Gasteiger partial charge < -0.3 is 9.84 Å². The third kappa shape index (κ3) is 4.14. The maximum Gasteiger partial charge on any atom is 0.414 e. The SMILES string of the molecule is O=C(Nc1nc(CO)c(Br)c(=O)[nH]1)OCc1ccccc1. The molecule has 1 heterocycles. The summed E-state index contributed by atoms with van der Waals surface area (Å²) >= 11 is 2.99. The number of hydrogen-bond donors (Lipinski definition) is 3. The average molecular weight is 354 g/mol. The van der Waals surface area contributed by atoms with Crippen LogP contribution in [-0.2, 0) is 18.0 Å². The van der Waals surface area contributed by atoms with Gasteiger partial charge in [0.25, 0.3) is 5.56 Å². The van der Waals surface area contributed by atoms with E-state index in [1.807, 2.05) is 30.3 Å². The Morgan fingerprint density at radius 1 is 1.38 bits per heavy atom. The van der Waals surface area contributed by atoms with Crippen molar-refractivity contribution in [1.29, 1.82) is 0 Å². The van der Waals surface area contributed by atoms with Crippen LogP contribution in [-0.4, -0.2) is 21.2 Å². The van der Waals surface area contributed by atoms with Gasteiger partial charge in [-0.1, -0.05) is 30.3 Å². The van der Waals surface area contributed by atoms with Gasteiger partial charge >= 0.3 is 6.09 Å². The van der Waals surface area contributed by atoms with Crippen LogP contribution in [0.3, 0.4) is 0 Å². The molecule has 1 aromatic carbocycles. The Balaban J connectivity index is 2.00. The lowest BCUT2D eigenvalue weighted by atomic mass is 10.2. The van der Waals surface area contributed by atoms with Gasteiger partial charge in [0.2, 0.25) is 5.95 Å². The van der Waals surface area contributed by atoms with Gasteiger partial charge in [-0.15, -0.1) is 0 Å². The summed E-state index contributed by atoms with van der Waals surface area (Å²) in [5.74, 6) is -0.0923. The molecule has 8 heteroatoms. The molecule has 1 aromatic heterocycles. The number of aliphatic hydroxyl groups is 1. The van der Waals surface area contributed by atoms with Gasteiger partial charge in [0.15, 0.2) is 0 Å². The van der Waals surface area contributed by atoms with E-state index in [2.05, 4.69) is 31.2 Å². The number of aromatic nitrogens is 2. The van der Waals surface area contributed by atoms with E-state index < -0.39 is 18.3 Å². The van der Waals surface area contributed by atoms with Crippen molar-refractivity contribution in [3.63, 3.8) is 0 Å². The fraction of sp³-hybridized carbons (Fsp3) is 0.154. The van der Waals surface area contributed by atoms with Crippen LogP contribution >= 0.6 is 15.9 Å². The van der Waals surface area contributed by atoms with Crippen LogP contribution in [0.25, 0.3) is 0 Å². The van der Waals surface area contributed by atoms with Crippen molar-refractivity contribution in [3.05, 3.63) is 56.4 Å². The molecule has 0 saturated heterocycles. The Hall–Kier alpha value is -2.19. The number of rotatable bonds is 4. The van der Waals surface area contributed by atoms with E-state index in [9.17, 15) is 9.59 Å². The van der Waals surface area contributed by atoms with E-state index in [-0.39, 0.29) is 22.7 Å². The summed E-state index contributed by atoms with van der Waals surface area (Å²) in [6.07, 6.45) is -0.756. The maximum absolute atomic E-state index is 11.6. The first-order valence-corrected chi connectivity index (χ1v) is 6.76. The summed E-state index contributed by atoms with van der Waals surface area (Å²) in [7, 11) is 0. The number of ether oxygens (including phenoxy) is 1. The Morgan fingerprint density at radius 2 is 2.10 bits per heavy atom. The standard InChI is InChI=1S/C13H12BrN3O4/c14-10-9(6-18)15-12(16-11(10)19)17-13(20)21-7-8-4-2-1-3-5-8/h1-5,18H,6-7H2,(H2,15,16,17,19,20). The third-order valence-electron chi connectivity index (χ3n) is 2.51. The Morgan fingerprint density at radius 3 is 2.76 bits per heavy atom. The molecule has 0 aliphatic heterocycles. The van der Waals surface area contributed by atoms with E-state index in [4.69, 9.17) is 9.84 Å². The number of aliphatic hydroxyl groups excluding tert-OH is 1. The number of nitrogens with one attached hydrogen (secondary N) is 2. The molecule has 0 aliphatic carbocycles. The molecular weight excluding hydrogens is 342 g/mol. The number of nitrogens with zero attached hydrogens (tertiary/aromatic N) is 1. The van der Waals surface area contributed by atoms with Gasteiger partial charge in [-0.25, -0.2) is 9.78 Å². The number of carbonyl (C=O) groups excluding carboxylic acids is 1. The van der Waals surface area contributed by atoms with E-state index >= 15 is 0 Å². The number of benzene rings is 1. The van der Waals surface area contributed by atoms with Gasteiger partial charge in [0.05, 0.1) is 12.3 Å². The number of anilines is 1. The molecule has 0 unspecified atom stereocenters. The Kier molecular flexibility index (Phi) is 5.07. The number of halogens is 1. The minimum atomic E-state index is -0.756. The van der Waals surface area contributed by atoms with Crippen LogP contribution in [0.15, 0.2) is 39.6 Å². The van der Waals surface area contributed by atoms with Crippen molar-refractivity contribution < 1.29 is 14.6 Å². The molecule has 1 amide bonds. The molecule has 110 valence electrons. The number of carbonyl (C=O) groups is 1. The first-order valence-electron chi connectivity index (χ1n) is 5.97. The highest BCUT2D eigenvalue weighted by molar-refractivity contribution is 9.10. The molecule has 2 aromatic rings. The average Bonchev–Trinajstić information content (AvgIpc) is 2.49. The second kappa shape index (κ2) is 7.00. The zero-order valence-corrected chi connectivity index (χ0v) is 12.4. The second-order valence-electron chi connectivity index (χ2n) is 4.02. The molecule has 0 aliphatic rings. The fourth-order valence-electron chi connectivity index (χ4n) is 1.53. The van der Waals surface area contributed by atoms with E-state index in [0.717, 1.165) is 5.56 Å². The Bertz CT molecular complexity index is 688.